The number of hydrogen-bond donors (Lipinski definition) is 2. The summed E-state index contributed by atoms with van der Waals surface area (Å²) in [5, 5.41) is 13.9. The zero-order valence-electron chi connectivity index (χ0n) is 9.10. The van der Waals surface area contributed by atoms with Gasteiger partial charge in [0.25, 0.3) is 0 Å². The van der Waals surface area contributed by atoms with Crippen molar-refractivity contribution in [2.45, 2.75) is 24.7 Å². The fourth-order valence-corrected chi connectivity index (χ4v) is 4.02. The third-order valence-corrected chi connectivity index (χ3v) is 4.72. The average molecular weight is 257 g/mol. The topological polar surface area (TPSA) is 49.3 Å². The van der Waals surface area contributed by atoms with Crippen LogP contribution >= 0.6 is 23.1 Å². The zero-order valence-corrected chi connectivity index (χ0v) is 10.7. The van der Waals surface area contributed by atoms with E-state index in [1.807, 2.05) is 11.4 Å². The summed E-state index contributed by atoms with van der Waals surface area (Å²) < 4.78 is 0. The lowest BCUT2D eigenvalue weighted by atomic mass is 10.1. The Kier molecular flexibility index (Phi) is 3.89. The van der Waals surface area contributed by atoms with E-state index in [-0.39, 0.29) is 11.2 Å². The summed E-state index contributed by atoms with van der Waals surface area (Å²) in [6, 6.07) is 2.04. The lowest BCUT2D eigenvalue weighted by molar-refractivity contribution is -0.121. The van der Waals surface area contributed by atoms with E-state index >= 15 is 0 Å². The van der Waals surface area contributed by atoms with E-state index in [1.54, 1.807) is 30.0 Å². The first-order chi connectivity index (χ1) is 7.68. The molecule has 16 heavy (non-hydrogen) atoms. The van der Waals surface area contributed by atoms with Crippen molar-refractivity contribution in [3.63, 3.8) is 0 Å². The first-order valence-corrected chi connectivity index (χ1v) is 7.25. The van der Waals surface area contributed by atoms with Crippen LogP contribution in [0.15, 0.2) is 11.4 Å². The molecular weight excluding hydrogens is 242 g/mol. The minimum absolute atomic E-state index is 0.0188. The van der Waals surface area contributed by atoms with Gasteiger partial charge in [-0.15, -0.1) is 23.1 Å². The highest BCUT2D eigenvalue weighted by Gasteiger charge is 2.27. The van der Waals surface area contributed by atoms with Gasteiger partial charge in [0.2, 0.25) is 5.91 Å². The van der Waals surface area contributed by atoms with Gasteiger partial charge in [0.1, 0.15) is 5.25 Å². The van der Waals surface area contributed by atoms with E-state index in [9.17, 15) is 4.79 Å². The van der Waals surface area contributed by atoms with Crippen LogP contribution in [-0.2, 0) is 11.2 Å². The molecule has 0 saturated carbocycles. The molecule has 3 nitrogen and oxygen atoms in total. The maximum atomic E-state index is 11.9. The summed E-state index contributed by atoms with van der Waals surface area (Å²) in [5.74, 6) is 1.02. The lowest BCUT2D eigenvalue weighted by Crippen LogP contribution is -2.34. The van der Waals surface area contributed by atoms with Crippen LogP contribution in [0.2, 0.25) is 0 Å². The third kappa shape index (κ3) is 2.59. The molecule has 1 aromatic rings. The average Bonchev–Trinajstić information content (AvgIpc) is 2.73. The molecule has 0 saturated heterocycles. The number of carbonyl (C=O) groups is 1. The van der Waals surface area contributed by atoms with Crippen molar-refractivity contribution < 1.29 is 9.90 Å². The van der Waals surface area contributed by atoms with Crippen molar-refractivity contribution in [2.75, 3.05) is 12.3 Å². The number of aliphatic hydroxyl groups is 1. The molecule has 2 atom stereocenters. The van der Waals surface area contributed by atoms with Gasteiger partial charge in [0, 0.05) is 11.4 Å². The highest BCUT2D eigenvalue weighted by molar-refractivity contribution is 8.00. The molecular formula is C11H15NO2S2. The van der Waals surface area contributed by atoms with Crippen LogP contribution < -0.4 is 5.32 Å². The van der Waals surface area contributed by atoms with Gasteiger partial charge in [0.05, 0.1) is 6.10 Å². The molecule has 0 radical (unpaired) electrons. The highest BCUT2D eigenvalue weighted by atomic mass is 32.2. The van der Waals surface area contributed by atoms with Crippen molar-refractivity contribution in [3.8, 4) is 0 Å². The summed E-state index contributed by atoms with van der Waals surface area (Å²) >= 11 is 3.41. The fraction of sp³-hybridized carbons (Fsp3) is 0.545. The van der Waals surface area contributed by atoms with Crippen molar-refractivity contribution >= 4 is 29.0 Å². The van der Waals surface area contributed by atoms with Crippen LogP contribution in [0.25, 0.3) is 0 Å². The van der Waals surface area contributed by atoms with Gasteiger partial charge < -0.3 is 10.4 Å². The molecule has 2 unspecified atom stereocenters. The van der Waals surface area contributed by atoms with Crippen LogP contribution in [0.1, 0.15) is 22.6 Å². The van der Waals surface area contributed by atoms with Gasteiger partial charge in [-0.25, -0.2) is 0 Å². The second-order valence-corrected chi connectivity index (χ2v) is 6.11. The van der Waals surface area contributed by atoms with E-state index in [4.69, 9.17) is 5.11 Å². The Morgan fingerprint density at radius 3 is 3.31 bits per heavy atom. The number of thioether (sulfide) groups is 1. The minimum atomic E-state index is -0.487. The number of aliphatic hydroxyl groups excluding tert-OH is 1. The molecule has 2 heterocycles. The molecule has 0 spiro atoms. The zero-order chi connectivity index (χ0) is 11.5. The Morgan fingerprint density at radius 2 is 2.56 bits per heavy atom. The molecule has 0 aromatic carbocycles. The summed E-state index contributed by atoms with van der Waals surface area (Å²) in [4.78, 5) is 13.3. The molecule has 1 aliphatic rings. The molecule has 1 aliphatic heterocycles. The molecule has 5 heteroatoms. The Bertz CT molecular complexity index is 376. The second kappa shape index (κ2) is 5.21. The summed E-state index contributed by atoms with van der Waals surface area (Å²) in [6.07, 6.45) is 0.581. The van der Waals surface area contributed by atoms with Gasteiger partial charge in [0.15, 0.2) is 0 Å². The van der Waals surface area contributed by atoms with E-state index in [2.05, 4.69) is 5.32 Å². The normalized spacial score (nSPS) is 21.2. The van der Waals surface area contributed by atoms with Gasteiger partial charge in [-0.2, -0.15) is 0 Å². The Balaban J connectivity index is 2.03. The molecule has 0 bridgehead atoms. The van der Waals surface area contributed by atoms with Gasteiger partial charge >= 0.3 is 0 Å². The highest BCUT2D eigenvalue weighted by Crippen LogP contribution is 2.39. The summed E-state index contributed by atoms with van der Waals surface area (Å²) in [5.41, 5.74) is 1.16. The number of aryl methyl sites for hydroxylation is 1. The second-order valence-electron chi connectivity index (χ2n) is 3.89. The molecule has 1 aromatic heterocycles. The van der Waals surface area contributed by atoms with E-state index in [1.165, 1.54) is 4.88 Å². The monoisotopic (exact) mass is 257 g/mol. The molecule has 0 aliphatic carbocycles. The van der Waals surface area contributed by atoms with Gasteiger partial charge in [-0.05, 0) is 36.1 Å². The van der Waals surface area contributed by atoms with Crippen LogP contribution in [0.4, 0.5) is 0 Å². The smallest absolute Gasteiger partial charge is 0.237 e. The van der Waals surface area contributed by atoms with Gasteiger partial charge in [-0.3, -0.25) is 4.79 Å². The van der Waals surface area contributed by atoms with Crippen LogP contribution in [-0.4, -0.2) is 29.4 Å². The van der Waals surface area contributed by atoms with E-state index in [0.29, 0.717) is 6.54 Å². The number of rotatable bonds is 3. The van der Waals surface area contributed by atoms with Crippen molar-refractivity contribution in [1.29, 1.82) is 0 Å². The van der Waals surface area contributed by atoms with Crippen molar-refractivity contribution in [2.24, 2.45) is 0 Å². The summed E-state index contributed by atoms with van der Waals surface area (Å²) in [6.45, 7) is 2.00. The van der Waals surface area contributed by atoms with Gasteiger partial charge in [-0.1, -0.05) is 0 Å². The predicted molar refractivity (Wildman–Crippen MR) is 67.9 cm³/mol. The minimum Gasteiger partial charge on any atom is -0.392 e. The number of carbonyl (C=O) groups excluding carboxylic acids is 1. The SMILES string of the molecule is CC(O)CNC(=O)C1SCCc2sccc21. The molecule has 1 amide bonds. The number of hydrogen-bond acceptors (Lipinski definition) is 4. The molecule has 88 valence electrons. The Hall–Kier alpha value is -0.520. The van der Waals surface area contributed by atoms with E-state index in [0.717, 1.165) is 17.7 Å². The third-order valence-electron chi connectivity index (χ3n) is 2.49. The Morgan fingerprint density at radius 1 is 1.75 bits per heavy atom. The maximum Gasteiger partial charge on any atom is 0.237 e. The van der Waals surface area contributed by atoms with Crippen LogP contribution in [0.3, 0.4) is 0 Å². The molecule has 2 N–H and O–H groups in total. The fourth-order valence-electron chi connectivity index (χ4n) is 1.70. The quantitative estimate of drug-likeness (QED) is 0.864. The van der Waals surface area contributed by atoms with E-state index < -0.39 is 6.10 Å². The van der Waals surface area contributed by atoms with Crippen molar-refractivity contribution in [1.82, 2.24) is 5.32 Å². The Labute approximate surface area is 103 Å². The number of nitrogens with one attached hydrogen (secondary N) is 1. The molecule has 2 rings (SSSR count). The largest absolute Gasteiger partial charge is 0.392 e. The van der Waals surface area contributed by atoms with Crippen LogP contribution in [0.5, 0.6) is 0 Å². The lowest BCUT2D eigenvalue weighted by Gasteiger charge is -2.21. The summed E-state index contributed by atoms with van der Waals surface area (Å²) in [7, 11) is 0. The molecule has 0 fully saturated rings. The standard InChI is InChI=1S/C11H15NO2S2/c1-7(13)6-12-11(14)10-8-2-4-15-9(8)3-5-16-10/h2,4,7,10,13H,3,5-6H2,1H3,(H,12,14). The van der Waals surface area contributed by atoms with Crippen LogP contribution in [0, 0.1) is 0 Å². The van der Waals surface area contributed by atoms with Crippen molar-refractivity contribution in [3.05, 3.63) is 21.9 Å². The number of fused-ring (bicyclic) bond motifs is 1. The first-order valence-electron chi connectivity index (χ1n) is 5.32. The number of amides is 1. The maximum absolute atomic E-state index is 11.9. The predicted octanol–water partition coefficient (Wildman–Crippen LogP) is 1.58. The first kappa shape index (κ1) is 12.0. The number of thiophene rings is 1.